The monoisotopic (exact) mass is 327 g/mol. The standard InChI is InChI=1S/C15H23F2N5O/c16-15(17)22-4-3-19-13(22)10-20-5-7-21(8-6-20)14(23)11-1-2-12(18)9-11/h3-4,11-12,15H,1-2,5-10,18H2. The van der Waals surface area contributed by atoms with Gasteiger partial charge in [0.2, 0.25) is 5.91 Å². The Morgan fingerprint density at radius 3 is 2.65 bits per heavy atom. The summed E-state index contributed by atoms with van der Waals surface area (Å²) in [5, 5.41) is 0. The first-order valence-corrected chi connectivity index (χ1v) is 8.11. The van der Waals surface area contributed by atoms with Crippen LogP contribution in [0.3, 0.4) is 0 Å². The quantitative estimate of drug-likeness (QED) is 0.898. The maximum Gasteiger partial charge on any atom is 0.319 e. The highest BCUT2D eigenvalue weighted by Gasteiger charge is 2.32. The fourth-order valence-electron chi connectivity index (χ4n) is 3.47. The van der Waals surface area contributed by atoms with Crippen LogP contribution in [0.25, 0.3) is 0 Å². The summed E-state index contributed by atoms with van der Waals surface area (Å²) < 4.78 is 26.5. The first-order chi connectivity index (χ1) is 11.0. The molecule has 2 aliphatic rings. The summed E-state index contributed by atoms with van der Waals surface area (Å²) >= 11 is 0. The van der Waals surface area contributed by atoms with Crippen LogP contribution in [0.4, 0.5) is 8.78 Å². The number of nitrogens with zero attached hydrogens (tertiary/aromatic N) is 4. The number of halogens is 2. The van der Waals surface area contributed by atoms with Crippen molar-refractivity contribution in [2.24, 2.45) is 11.7 Å². The third-order valence-electron chi connectivity index (χ3n) is 4.83. The van der Waals surface area contributed by atoms with Crippen molar-refractivity contribution in [3.8, 4) is 0 Å². The summed E-state index contributed by atoms with van der Waals surface area (Å²) in [7, 11) is 0. The van der Waals surface area contributed by atoms with E-state index in [1.807, 2.05) is 4.90 Å². The number of imidazole rings is 1. The first-order valence-electron chi connectivity index (χ1n) is 8.11. The minimum atomic E-state index is -2.57. The summed E-state index contributed by atoms with van der Waals surface area (Å²) in [4.78, 5) is 20.4. The molecule has 1 aliphatic carbocycles. The van der Waals surface area contributed by atoms with E-state index in [0.29, 0.717) is 38.5 Å². The third kappa shape index (κ3) is 3.69. The lowest BCUT2D eigenvalue weighted by molar-refractivity contribution is -0.137. The number of alkyl halides is 2. The highest BCUT2D eigenvalue weighted by Crippen LogP contribution is 2.26. The van der Waals surface area contributed by atoms with Gasteiger partial charge < -0.3 is 10.6 Å². The SMILES string of the molecule is NC1CCC(C(=O)N2CCN(Cc3nccn3C(F)F)CC2)C1. The summed E-state index contributed by atoms with van der Waals surface area (Å²) in [6.45, 7) is 0.455. The number of hydrogen-bond acceptors (Lipinski definition) is 4. The van der Waals surface area contributed by atoms with Crippen LogP contribution < -0.4 is 5.73 Å². The van der Waals surface area contributed by atoms with E-state index >= 15 is 0 Å². The number of hydrogen-bond donors (Lipinski definition) is 1. The van der Waals surface area contributed by atoms with E-state index in [4.69, 9.17) is 5.73 Å². The van der Waals surface area contributed by atoms with E-state index in [1.165, 1.54) is 12.4 Å². The molecule has 0 bridgehead atoms. The summed E-state index contributed by atoms with van der Waals surface area (Å²) in [6.07, 6.45) is 5.28. The van der Waals surface area contributed by atoms with Crippen molar-refractivity contribution in [1.29, 1.82) is 0 Å². The molecule has 2 unspecified atom stereocenters. The lowest BCUT2D eigenvalue weighted by atomic mass is 10.1. The van der Waals surface area contributed by atoms with Crippen LogP contribution in [0.2, 0.25) is 0 Å². The molecule has 2 heterocycles. The molecule has 1 saturated carbocycles. The van der Waals surface area contributed by atoms with Crippen molar-refractivity contribution < 1.29 is 13.6 Å². The Hall–Kier alpha value is -1.54. The molecule has 1 aromatic heterocycles. The molecule has 128 valence electrons. The number of rotatable bonds is 4. The highest BCUT2D eigenvalue weighted by atomic mass is 19.3. The molecule has 0 aromatic carbocycles. The normalized spacial score (nSPS) is 26.2. The lowest BCUT2D eigenvalue weighted by Gasteiger charge is -2.35. The van der Waals surface area contributed by atoms with Gasteiger partial charge in [-0.3, -0.25) is 14.3 Å². The molecule has 1 amide bonds. The summed E-state index contributed by atoms with van der Waals surface area (Å²) in [5.74, 6) is 0.627. The number of aromatic nitrogens is 2. The Morgan fingerprint density at radius 1 is 1.30 bits per heavy atom. The van der Waals surface area contributed by atoms with Gasteiger partial charge in [0.25, 0.3) is 0 Å². The zero-order valence-corrected chi connectivity index (χ0v) is 13.1. The van der Waals surface area contributed by atoms with E-state index in [9.17, 15) is 13.6 Å². The van der Waals surface area contributed by atoms with Crippen molar-refractivity contribution in [2.45, 2.75) is 38.4 Å². The second kappa shape index (κ2) is 6.92. The van der Waals surface area contributed by atoms with Crippen LogP contribution in [0.15, 0.2) is 12.4 Å². The van der Waals surface area contributed by atoms with E-state index < -0.39 is 6.55 Å². The zero-order valence-electron chi connectivity index (χ0n) is 13.1. The van der Waals surface area contributed by atoms with Crippen LogP contribution in [-0.2, 0) is 11.3 Å². The molecular formula is C15H23F2N5O. The molecule has 23 heavy (non-hydrogen) atoms. The van der Waals surface area contributed by atoms with E-state index in [2.05, 4.69) is 9.88 Å². The van der Waals surface area contributed by atoms with Gasteiger partial charge in [-0.2, -0.15) is 8.78 Å². The number of nitrogens with two attached hydrogens (primary N) is 1. The Morgan fingerprint density at radius 2 is 2.04 bits per heavy atom. The largest absolute Gasteiger partial charge is 0.340 e. The second-order valence-electron chi connectivity index (χ2n) is 6.40. The van der Waals surface area contributed by atoms with Crippen molar-refractivity contribution in [3.05, 3.63) is 18.2 Å². The summed E-state index contributed by atoms with van der Waals surface area (Å²) in [6, 6.07) is 0.151. The van der Waals surface area contributed by atoms with E-state index in [1.54, 1.807) is 0 Å². The van der Waals surface area contributed by atoms with Crippen LogP contribution in [0.5, 0.6) is 0 Å². The van der Waals surface area contributed by atoms with Crippen LogP contribution in [0, 0.1) is 5.92 Å². The highest BCUT2D eigenvalue weighted by molar-refractivity contribution is 5.79. The first kappa shape index (κ1) is 16.3. The number of piperazine rings is 1. The molecule has 0 spiro atoms. The van der Waals surface area contributed by atoms with Gasteiger partial charge >= 0.3 is 6.55 Å². The van der Waals surface area contributed by atoms with Gasteiger partial charge in [-0.1, -0.05) is 0 Å². The fraction of sp³-hybridized carbons (Fsp3) is 0.733. The molecule has 1 aliphatic heterocycles. The van der Waals surface area contributed by atoms with Gasteiger partial charge in [0, 0.05) is 50.5 Å². The number of carbonyl (C=O) groups excluding carboxylic acids is 1. The van der Waals surface area contributed by atoms with Crippen LogP contribution in [0.1, 0.15) is 31.6 Å². The summed E-state index contributed by atoms with van der Waals surface area (Å²) in [5.41, 5.74) is 5.88. The molecule has 3 rings (SSSR count). The average Bonchev–Trinajstić information content (AvgIpc) is 3.16. The lowest BCUT2D eigenvalue weighted by Crippen LogP contribution is -2.50. The van der Waals surface area contributed by atoms with E-state index in [0.717, 1.165) is 23.8 Å². The molecule has 1 saturated heterocycles. The van der Waals surface area contributed by atoms with E-state index in [-0.39, 0.29) is 17.9 Å². The van der Waals surface area contributed by atoms with Gasteiger partial charge in [0.15, 0.2) is 0 Å². The molecular weight excluding hydrogens is 304 g/mol. The molecule has 8 heteroatoms. The Balaban J connectivity index is 1.50. The second-order valence-corrected chi connectivity index (χ2v) is 6.40. The van der Waals surface area contributed by atoms with Crippen LogP contribution in [-0.4, -0.2) is 57.5 Å². The Kier molecular flexibility index (Phi) is 4.91. The predicted molar refractivity (Wildman–Crippen MR) is 80.7 cm³/mol. The maximum atomic E-state index is 12.8. The molecule has 2 atom stereocenters. The topological polar surface area (TPSA) is 67.4 Å². The van der Waals surface area contributed by atoms with Gasteiger partial charge in [-0.25, -0.2) is 4.98 Å². The predicted octanol–water partition coefficient (Wildman–Crippen LogP) is 1.05. The third-order valence-corrected chi connectivity index (χ3v) is 4.83. The van der Waals surface area contributed by atoms with Crippen molar-refractivity contribution in [2.75, 3.05) is 26.2 Å². The molecule has 0 radical (unpaired) electrons. The average molecular weight is 327 g/mol. The van der Waals surface area contributed by atoms with Gasteiger partial charge in [-0.15, -0.1) is 0 Å². The molecule has 2 fully saturated rings. The minimum Gasteiger partial charge on any atom is -0.340 e. The number of carbonyl (C=O) groups is 1. The minimum absolute atomic E-state index is 0.0642. The van der Waals surface area contributed by atoms with Crippen molar-refractivity contribution >= 4 is 5.91 Å². The zero-order chi connectivity index (χ0) is 16.4. The Labute approximate surface area is 134 Å². The molecule has 2 N–H and O–H groups in total. The van der Waals surface area contributed by atoms with Gasteiger partial charge in [0.05, 0.1) is 6.54 Å². The van der Waals surface area contributed by atoms with Crippen molar-refractivity contribution in [1.82, 2.24) is 19.4 Å². The number of amides is 1. The smallest absolute Gasteiger partial charge is 0.319 e. The fourth-order valence-corrected chi connectivity index (χ4v) is 3.47. The molecule has 6 nitrogen and oxygen atoms in total. The van der Waals surface area contributed by atoms with Gasteiger partial charge in [0.1, 0.15) is 5.82 Å². The Bertz CT molecular complexity index is 542. The van der Waals surface area contributed by atoms with Crippen LogP contribution >= 0.6 is 0 Å². The van der Waals surface area contributed by atoms with Crippen molar-refractivity contribution in [3.63, 3.8) is 0 Å². The molecule has 1 aromatic rings. The van der Waals surface area contributed by atoms with Gasteiger partial charge in [-0.05, 0) is 19.3 Å². The maximum absolute atomic E-state index is 12.8.